The van der Waals surface area contributed by atoms with Crippen LogP contribution in [0.15, 0.2) is 59.2 Å². The number of aryl methyl sites for hydroxylation is 1. The van der Waals surface area contributed by atoms with Crippen LogP contribution in [0.4, 0.5) is 10.5 Å². The lowest BCUT2D eigenvalue weighted by Crippen LogP contribution is -2.35. The molecular weight excluding hydrogens is 330 g/mol. The maximum atomic E-state index is 12.4. The first-order chi connectivity index (χ1) is 12.7. The highest BCUT2D eigenvalue weighted by Gasteiger charge is 2.22. The van der Waals surface area contributed by atoms with E-state index in [-0.39, 0.29) is 12.1 Å². The standard InChI is InChI=1S/C20H19N3O3/c1-13-12-26-19(21-13)14-5-4-6-15(11-14)22-20(24)23-17-9-10-25-18-8-3-2-7-16(17)18/h2-8,11-12,17H,9-10H2,1H3,(H2,22,23,24). The molecule has 2 heterocycles. The van der Waals surface area contributed by atoms with Crippen molar-refractivity contribution in [2.75, 3.05) is 11.9 Å². The molecule has 2 N–H and O–H groups in total. The third-order valence-electron chi connectivity index (χ3n) is 4.25. The first kappa shape index (κ1) is 16.2. The van der Waals surface area contributed by atoms with Crippen LogP contribution in [0.25, 0.3) is 11.5 Å². The molecule has 0 bridgehead atoms. The molecule has 0 saturated heterocycles. The van der Waals surface area contributed by atoms with Gasteiger partial charge in [-0.05, 0) is 31.2 Å². The van der Waals surface area contributed by atoms with E-state index in [1.165, 1.54) is 0 Å². The molecule has 0 fully saturated rings. The van der Waals surface area contributed by atoms with Crippen molar-refractivity contribution in [1.29, 1.82) is 0 Å². The molecule has 0 aliphatic carbocycles. The van der Waals surface area contributed by atoms with Crippen LogP contribution in [0, 0.1) is 6.92 Å². The van der Waals surface area contributed by atoms with Gasteiger partial charge in [-0.3, -0.25) is 0 Å². The van der Waals surface area contributed by atoms with Gasteiger partial charge in [-0.15, -0.1) is 0 Å². The Balaban J connectivity index is 1.46. The van der Waals surface area contributed by atoms with Crippen molar-refractivity contribution in [3.05, 3.63) is 66.1 Å². The number of oxazole rings is 1. The number of aromatic nitrogens is 1. The van der Waals surface area contributed by atoms with Gasteiger partial charge in [-0.25, -0.2) is 9.78 Å². The number of carbonyl (C=O) groups excluding carboxylic acids is 1. The van der Waals surface area contributed by atoms with E-state index in [2.05, 4.69) is 15.6 Å². The number of benzene rings is 2. The number of hydrogen-bond acceptors (Lipinski definition) is 4. The molecule has 26 heavy (non-hydrogen) atoms. The third kappa shape index (κ3) is 3.39. The Morgan fingerprint density at radius 1 is 1.19 bits per heavy atom. The molecule has 0 saturated carbocycles. The first-order valence-corrected chi connectivity index (χ1v) is 8.51. The number of hydrogen-bond donors (Lipinski definition) is 2. The maximum Gasteiger partial charge on any atom is 0.319 e. The second kappa shape index (κ2) is 6.92. The van der Waals surface area contributed by atoms with Gasteiger partial charge in [0.1, 0.15) is 12.0 Å². The highest BCUT2D eigenvalue weighted by molar-refractivity contribution is 5.90. The lowest BCUT2D eigenvalue weighted by Gasteiger charge is -2.26. The van der Waals surface area contributed by atoms with Crippen molar-refractivity contribution in [3.8, 4) is 17.2 Å². The van der Waals surface area contributed by atoms with Gasteiger partial charge in [0.2, 0.25) is 5.89 Å². The Morgan fingerprint density at radius 3 is 2.92 bits per heavy atom. The molecule has 2 aromatic carbocycles. The SMILES string of the molecule is Cc1coc(-c2cccc(NC(=O)NC3CCOc4ccccc43)c2)n1. The molecule has 1 unspecified atom stereocenters. The topological polar surface area (TPSA) is 76.4 Å². The lowest BCUT2D eigenvalue weighted by atomic mass is 10.0. The second-order valence-corrected chi connectivity index (χ2v) is 6.20. The number of rotatable bonds is 3. The first-order valence-electron chi connectivity index (χ1n) is 8.51. The third-order valence-corrected chi connectivity index (χ3v) is 4.25. The van der Waals surface area contributed by atoms with Gasteiger partial charge >= 0.3 is 6.03 Å². The van der Waals surface area contributed by atoms with Crippen LogP contribution in [-0.4, -0.2) is 17.6 Å². The van der Waals surface area contributed by atoms with Crippen molar-refractivity contribution in [2.24, 2.45) is 0 Å². The van der Waals surface area contributed by atoms with E-state index in [0.717, 1.165) is 29.0 Å². The molecule has 0 spiro atoms. The number of carbonyl (C=O) groups is 1. The zero-order chi connectivity index (χ0) is 17.9. The smallest absolute Gasteiger partial charge is 0.319 e. The predicted octanol–water partition coefficient (Wildman–Crippen LogP) is 4.30. The van der Waals surface area contributed by atoms with Crippen LogP contribution in [0.5, 0.6) is 5.75 Å². The van der Waals surface area contributed by atoms with Crippen molar-refractivity contribution < 1.29 is 13.9 Å². The van der Waals surface area contributed by atoms with Gasteiger partial charge in [0.15, 0.2) is 0 Å². The fourth-order valence-electron chi connectivity index (χ4n) is 3.03. The number of amides is 2. The molecule has 6 nitrogen and oxygen atoms in total. The second-order valence-electron chi connectivity index (χ2n) is 6.20. The Morgan fingerprint density at radius 2 is 2.08 bits per heavy atom. The average molecular weight is 349 g/mol. The maximum absolute atomic E-state index is 12.4. The zero-order valence-electron chi connectivity index (χ0n) is 14.4. The van der Waals surface area contributed by atoms with Gasteiger partial charge in [0, 0.05) is 23.2 Å². The fraction of sp³-hybridized carbons (Fsp3) is 0.200. The normalized spacial score (nSPS) is 15.7. The molecule has 3 aromatic rings. The van der Waals surface area contributed by atoms with Gasteiger partial charge in [0.05, 0.1) is 18.3 Å². The molecular formula is C20H19N3O3. The van der Waals surface area contributed by atoms with E-state index < -0.39 is 0 Å². The van der Waals surface area contributed by atoms with Crippen LogP contribution in [0.2, 0.25) is 0 Å². The molecule has 132 valence electrons. The monoisotopic (exact) mass is 349 g/mol. The number of urea groups is 1. The number of nitrogens with zero attached hydrogens (tertiary/aromatic N) is 1. The van der Waals surface area contributed by atoms with Gasteiger partial charge in [0.25, 0.3) is 0 Å². The molecule has 4 rings (SSSR count). The van der Waals surface area contributed by atoms with Crippen LogP contribution in [-0.2, 0) is 0 Å². The van der Waals surface area contributed by atoms with E-state index in [1.807, 2.05) is 55.5 Å². The van der Waals surface area contributed by atoms with Crippen molar-refractivity contribution in [1.82, 2.24) is 10.3 Å². The van der Waals surface area contributed by atoms with Gasteiger partial charge in [-0.2, -0.15) is 0 Å². The van der Waals surface area contributed by atoms with Crippen LogP contribution in [0.1, 0.15) is 23.7 Å². The van der Waals surface area contributed by atoms with Crippen molar-refractivity contribution in [2.45, 2.75) is 19.4 Å². The largest absolute Gasteiger partial charge is 0.493 e. The molecule has 1 atom stereocenters. The van der Waals surface area contributed by atoms with E-state index in [9.17, 15) is 4.79 Å². The van der Waals surface area contributed by atoms with E-state index in [4.69, 9.17) is 9.15 Å². The van der Waals surface area contributed by atoms with Crippen LogP contribution < -0.4 is 15.4 Å². The summed E-state index contributed by atoms with van der Waals surface area (Å²) in [4.78, 5) is 16.8. The number of fused-ring (bicyclic) bond motifs is 1. The Kier molecular flexibility index (Phi) is 4.31. The highest BCUT2D eigenvalue weighted by Crippen LogP contribution is 2.31. The minimum atomic E-state index is -0.257. The van der Waals surface area contributed by atoms with Crippen molar-refractivity contribution in [3.63, 3.8) is 0 Å². The summed E-state index contributed by atoms with van der Waals surface area (Å²) in [6, 6.07) is 14.9. The fourth-order valence-corrected chi connectivity index (χ4v) is 3.03. The van der Waals surface area contributed by atoms with Crippen molar-refractivity contribution >= 4 is 11.7 Å². The summed E-state index contributed by atoms with van der Waals surface area (Å²) >= 11 is 0. The van der Waals surface area contributed by atoms with Gasteiger partial charge in [-0.1, -0.05) is 24.3 Å². The molecule has 6 heteroatoms. The minimum Gasteiger partial charge on any atom is -0.493 e. The van der Waals surface area contributed by atoms with Crippen LogP contribution >= 0.6 is 0 Å². The van der Waals surface area contributed by atoms with E-state index in [0.29, 0.717) is 18.2 Å². The summed E-state index contributed by atoms with van der Waals surface area (Å²) in [5.74, 6) is 1.36. The number of ether oxygens (including phenoxy) is 1. The van der Waals surface area contributed by atoms with E-state index in [1.54, 1.807) is 6.26 Å². The Labute approximate surface area is 151 Å². The van der Waals surface area contributed by atoms with E-state index >= 15 is 0 Å². The van der Waals surface area contributed by atoms with Crippen LogP contribution in [0.3, 0.4) is 0 Å². The molecule has 0 radical (unpaired) electrons. The summed E-state index contributed by atoms with van der Waals surface area (Å²) in [6.07, 6.45) is 2.34. The lowest BCUT2D eigenvalue weighted by molar-refractivity contribution is 0.232. The summed E-state index contributed by atoms with van der Waals surface area (Å²) in [7, 11) is 0. The predicted molar refractivity (Wildman–Crippen MR) is 98.1 cm³/mol. The van der Waals surface area contributed by atoms with Gasteiger partial charge < -0.3 is 19.8 Å². The molecule has 1 aliphatic rings. The number of para-hydroxylation sites is 1. The summed E-state index contributed by atoms with van der Waals surface area (Å²) in [5, 5.41) is 5.89. The molecule has 2 amide bonds. The molecule has 1 aromatic heterocycles. The highest BCUT2D eigenvalue weighted by atomic mass is 16.5. The zero-order valence-corrected chi connectivity index (χ0v) is 14.4. The Hall–Kier alpha value is -3.28. The minimum absolute atomic E-state index is 0.0717. The Bertz CT molecular complexity index is 935. The average Bonchev–Trinajstić information content (AvgIpc) is 3.09. The number of nitrogens with one attached hydrogen (secondary N) is 2. The number of anilines is 1. The molecule has 1 aliphatic heterocycles. The quantitative estimate of drug-likeness (QED) is 0.739. The summed E-state index contributed by atoms with van der Waals surface area (Å²) in [5.41, 5.74) is 3.30. The summed E-state index contributed by atoms with van der Waals surface area (Å²) in [6.45, 7) is 2.45. The summed E-state index contributed by atoms with van der Waals surface area (Å²) < 4.78 is 11.0.